The number of nitro benzene ring substituents is 1. The molecule has 0 spiro atoms. The highest BCUT2D eigenvalue weighted by molar-refractivity contribution is 6.05. The lowest BCUT2D eigenvalue weighted by molar-refractivity contribution is -0.384. The highest BCUT2D eigenvalue weighted by atomic mass is 16.6. The lowest BCUT2D eigenvalue weighted by Gasteiger charge is -2.10. The van der Waals surface area contributed by atoms with Crippen LogP contribution in [-0.4, -0.2) is 21.0 Å². The van der Waals surface area contributed by atoms with E-state index in [1.165, 1.54) is 24.5 Å². The number of rotatable bonds is 4. The average molecular weight is 300 g/mol. The van der Waals surface area contributed by atoms with Crippen LogP contribution in [-0.2, 0) is 0 Å². The predicted octanol–water partition coefficient (Wildman–Crippen LogP) is 2.56. The van der Waals surface area contributed by atoms with E-state index in [1.807, 2.05) is 0 Å². The van der Waals surface area contributed by atoms with Gasteiger partial charge in [0.2, 0.25) is 0 Å². The molecule has 1 atom stereocenters. The summed E-state index contributed by atoms with van der Waals surface area (Å²) in [5, 5.41) is 20.6. The molecule has 0 aliphatic heterocycles. The van der Waals surface area contributed by atoms with Crippen molar-refractivity contribution in [1.29, 1.82) is 0 Å². The van der Waals surface area contributed by atoms with Crippen molar-refractivity contribution in [3.63, 3.8) is 0 Å². The molecule has 0 saturated carbocycles. The van der Waals surface area contributed by atoms with Gasteiger partial charge in [-0.05, 0) is 25.1 Å². The Balaban J connectivity index is 1.90. The van der Waals surface area contributed by atoms with E-state index in [2.05, 4.69) is 15.5 Å². The first-order valence-electron chi connectivity index (χ1n) is 6.53. The molecule has 8 heteroatoms. The molecule has 2 N–H and O–H groups in total. The maximum atomic E-state index is 12.3. The van der Waals surface area contributed by atoms with Crippen molar-refractivity contribution >= 4 is 22.5 Å². The summed E-state index contributed by atoms with van der Waals surface area (Å²) in [5.74, 6) is 0.176. The van der Waals surface area contributed by atoms with Gasteiger partial charge in [0.1, 0.15) is 5.76 Å². The Morgan fingerprint density at radius 3 is 2.95 bits per heavy atom. The number of carbonyl (C=O) groups is 1. The van der Waals surface area contributed by atoms with Gasteiger partial charge in [-0.3, -0.25) is 20.0 Å². The first-order chi connectivity index (χ1) is 10.6. The van der Waals surface area contributed by atoms with Gasteiger partial charge in [0.25, 0.3) is 11.6 Å². The molecule has 0 aliphatic rings. The number of nitrogens with zero attached hydrogens (tertiary/aromatic N) is 2. The lowest BCUT2D eigenvalue weighted by Crippen LogP contribution is -2.26. The number of aromatic amines is 1. The van der Waals surface area contributed by atoms with E-state index in [0.29, 0.717) is 16.7 Å². The molecule has 0 saturated heterocycles. The van der Waals surface area contributed by atoms with E-state index in [0.717, 1.165) is 0 Å². The topological polar surface area (TPSA) is 114 Å². The Morgan fingerprint density at radius 2 is 2.27 bits per heavy atom. The van der Waals surface area contributed by atoms with Crippen LogP contribution in [0.4, 0.5) is 5.69 Å². The number of amides is 1. The van der Waals surface area contributed by atoms with E-state index in [9.17, 15) is 14.9 Å². The Labute approximate surface area is 124 Å². The van der Waals surface area contributed by atoms with Crippen molar-refractivity contribution < 1.29 is 14.1 Å². The second-order valence-electron chi connectivity index (χ2n) is 4.77. The van der Waals surface area contributed by atoms with Crippen molar-refractivity contribution in [1.82, 2.24) is 15.5 Å². The number of benzene rings is 1. The highest BCUT2D eigenvalue weighted by Gasteiger charge is 2.20. The molecule has 0 unspecified atom stereocenters. The van der Waals surface area contributed by atoms with E-state index in [-0.39, 0.29) is 17.4 Å². The summed E-state index contributed by atoms with van der Waals surface area (Å²) in [6, 6.07) is 7.34. The Bertz CT molecular complexity index is 838. The molecule has 0 radical (unpaired) electrons. The largest absolute Gasteiger partial charge is 0.467 e. The fourth-order valence-corrected chi connectivity index (χ4v) is 2.16. The van der Waals surface area contributed by atoms with E-state index in [1.54, 1.807) is 19.1 Å². The number of H-pyrrole nitrogens is 1. The third kappa shape index (κ3) is 2.41. The minimum absolute atomic E-state index is 0.0953. The molecular weight excluding hydrogens is 288 g/mol. The van der Waals surface area contributed by atoms with Gasteiger partial charge < -0.3 is 9.73 Å². The number of nitro groups is 1. The molecule has 0 fully saturated rings. The zero-order valence-electron chi connectivity index (χ0n) is 11.6. The number of hydrogen-bond acceptors (Lipinski definition) is 5. The molecule has 1 amide bonds. The zero-order valence-corrected chi connectivity index (χ0v) is 11.6. The molecule has 112 valence electrons. The fraction of sp³-hybridized carbons (Fsp3) is 0.143. The summed E-state index contributed by atoms with van der Waals surface area (Å²) < 4.78 is 5.22. The van der Waals surface area contributed by atoms with Crippen molar-refractivity contribution in [2.75, 3.05) is 0 Å². The third-order valence-electron chi connectivity index (χ3n) is 3.29. The Hall–Kier alpha value is -3.16. The highest BCUT2D eigenvalue weighted by Crippen LogP contribution is 2.22. The van der Waals surface area contributed by atoms with Crippen LogP contribution in [0, 0.1) is 10.1 Å². The van der Waals surface area contributed by atoms with Gasteiger partial charge in [0.05, 0.1) is 22.7 Å². The number of nitrogens with one attached hydrogen (secondary N) is 2. The average Bonchev–Trinajstić information content (AvgIpc) is 3.15. The van der Waals surface area contributed by atoms with Gasteiger partial charge >= 0.3 is 0 Å². The van der Waals surface area contributed by atoms with Crippen LogP contribution in [0.15, 0.2) is 41.0 Å². The Kier molecular flexibility index (Phi) is 3.34. The first kappa shape index (κ1) is 13.8. The normalized spacial score (nSPS) is 12.2. The summed E-state index contributed by atoms with van der Waals surface area (Å²) in [4.78, 5) is 22.6. The van der Waals surface area contributed by atoms with Gasteiger partial charge in [-0.15, -0.1) is 0 Å². The maximum Gasteiger partial charge on any atom is 0.273 e. The van der Waals surface area contributed by atoms with Crippen molar-refractivity contribution in [3.05, 3.63) is 58.2 Å². The number of hydrogen-bond donors (Lipinski definition) is 2. The van der Waals surface area contributed by atoms with Gasteiger partial charge in [-0.1, -0.05) is 0 Å². The second-order valence-corrected chi connectivity index (χ2v) is 4.77. The Morgan fingerprint density at radius 1 is 1.45 bits per heavy atom. The molecule has 2 heterocycles. The van der Waals surface area contributed by atoms with Crippen molar-refractivity contribution in [2.24, 2.45) is 0 Å². The molecule has 0 aliphatic carbocycles. The second kappa shape index (κ2) is 5.32. The predicted molar refractivity (Wildman–Crippen MR) is 77.3 cm³/mol. The van der Waals surface area contributed by atoms with Crippen LogP contribution < -0.4 is 5.32 Å². The van der Waals surface area contributed by atoms with E-state index >= 15 is 0 Å². The quantitative estimate of drug-likeness (QED) is 0.567. The van der Waals surface area contributed by atoms with Crippen molar-refractivity contribution in [3.8, 4) is 0 Å². The number of aromatic nitrogens is 2. The molecule has 22 heavy (non-hydrogen) atoms. The van der Waals surface area contributed by atoms with Crippen LogP contribution in [0.25, 0.3) is 10.9 Å². The molecule has 3 rings (SSSR count). The number of non-ortho nitro benzene ring substituents is 1. The molecule has 3 aromatic rings. The summed E-state index contributed by atoms with van der Waals surface area (Å²) in [5.41, 5.74) is 0.570. The molecule has 0 bridgehead atoms. The molecular formula is C14H12N4O4. The number of carbonyl (C=O) groups excluding carboxylic acids is 1. The van der Waals surface area contributed by atoms with Crippen LogP contribution in [0.2, 0.25) is 0 Å². The molecule has 2 aromatic heterocycles. The summed E-state index contributed by atoms with van der Waals surface area (Å²) >= 11 is 0. The maximum absolute atomic E-state index is 12.3. The van der Waals surface area contributed by atoms with E-state index in [4.69, 9.17) is 4.42 Å². The number of fused-ring (bicyclic) bond motifs is 1. The van der Waals surface area contributed by atoms with Crippen LogP contribution in [0.3, 0.4) is 0 Å². The summed E-state index contributed by atoms with van der Waals surface area (Å²) in [6.45, 7) is 1.77. The van der Waals surface area contributed by atoms with Gasteiger partial charge in [-0.25, -0.2) is 0 Å². The zero-order chi connectivity index (χ0) is 15.7. The summed E-state index contributed by atoms with van der Waals surface area (Å²) in [6.07, 6.45) is 1.52. The standard InChI is InChI=1S/C14H12N4O4/c1-8(12-3-2-6-22-12)15-14(19)13-10-7-9(18(20)21)4-5-11(10)16-17-13/h2-8H,1H3,(H,15,19)(H,16,17)/t8-/m1/s1. The minimum atomic E-state index is -0.514. The van der Waals surface area contributed by atoms with E-state index < -0.39 is 10.8 Å². The smallest absolute Gasteiger partial charge is 0.273 e. The monoisotopic (exact) mass is 300 g/mol. The minimum Gasteiger partial charge on any atom is -0.467 e. The van der Waals surface area contributed by atoms with Crippen LogP contribution in [0.5, 0.6) is 0 Å². The van der Waals surface area contributed by atoms with Crippen molar-refractivity contribution in [2.45, 2.75) is 13.0 Å². The van der Waals surface area contributed by atoms with Gasteiger partial charge in [0, 0.05) is 17.5 Å². The first-order valence-corrected chi connectivity index (χ1v) is 6.53. The van der Waals surface area contributed by atoms with Gasteiger partial charge in [-0.2, -0.15) is 5.10 Å². The molecule has 8 nitrogen and oxygen atoms in total. The lowest BCUT2D eigenvalue weighted by atomic mass is 10.1. The van der Waals surface area contributed by atoms with Crippen LogP contribution in [0.1, 0.15) is 29.2 Å². The third-order valence-corrected chi connectivity index (χ3v) is 3.29. The van der Waals surface area contributed by atoms with Gasteiger partial charge in [0.15, 0.2) is 5.69 Å². The summed E-state index contributed by atoms with van der Waals surface area (Å²) in [7, 11) is 0. The van der Waals surface area contributed by atoms with Crippen LogP contribution >= 0.6 is 0 Å². The fourth-order valence-electron chi connectivity index (χ4n) is 2.16. The number of furan rings is 1. The SMILES string of the molecule is C[C@@H](NC(=O)c1n[nH]c2ccc([N+](=O)[O-])cc12)c1ccco1. The molecule has 1 aromatic carbocycles.